The van der Waals surface area contributed by atoms with Gasteiger partial charge in [0.05, 0.1) is 5.69 Å². The summed E-state index contributed by atoms with van der Waals surface area (Å²) < 4.78 is 0. The number of carboxylic acid groups (broad SMARTS) is 1. The van der Waals surface area contributed by atoms with Gasteiger partial charge in [0.2, 0.25) is 0 Å². The molecule has 2 aromatic carbocycles. The number of hydrogen-bond donors (Lipinski definition) is 3. The molecule has 0 aromatic heterocycles. The van der Waals surface area contributed by atoms with E-state index in [-0.39, 0.29) is 0 Å². The lowest BCUT2D eigenvalue weighted by molar-refractivity contribution is -0.134. The fraction of sp³-hybridized carbons (Fsp3) is 0.0833. The van der Waals surface area contributed by atoms with Crippen LogP contribution < -0.4 is 11.3 Å². The van der Waals surface area contributed by atoms with Crippen LogP contribution in [0.2, 0.25) is 0 Å². The Kier molecular flexibility index (Phi) is 4.29. The molecule has 0 spiro atoms. The normalized spacial score (nSPS) is 9.12. The molecule has 4 nitrogen and oxygen atoms in total. The molecule has 4 heteroatoms. The molecular weight excluding hydrogens is 204 g/mol. The van der Waals surface area contributed by atoms with Crippen molar-refractivity contribution < 1.29 is 9.90 Å². The number of fused-ring (bicyclic) bond motifs is 1. The molecule has 0 bridgehead atoms. The van der Waals surface area contributed by atoms with Gasteiger partial charge in [0.15, 0.2) is 0 Å². The number of carbonyl (C=O) groups is 1. The molecule has 0 aliphatic carbocycles. The molecule has 0 radical (unpaired) electrons. The van der Waals surface area contributed by atoms with Crippen molar-refractivity contribution in [2.45, 2.75) is 6.92 Å². The molecule has 0 amide bonds. The lowest BCUT2D eigenvalue weighted by Crippen LogP contribution is -2.06. The number of carboxylic acids is 1. The lowest BCUT2D eigenvalue weighted by atomic mass is 10.1. The highest BCUT2D eigenvalue weighted by molar-refractivity contribution is 5.93. The quantitative estimate of drug-likeness (QED) is 0.506. The maximum Gasteiger partial charge on any atom is 0.300 e. The number of anilines is 1. The van der Waals surface area contributed by atoms with Crippen molar-refractivity contribution in [2.75, 3.05) is 5.43 Å². The van der Waals surface area contributed by atoms with Crippen LogP contribution in [0.5, 0.6) is 0 Å². The van der Waals surface area contributed by atoms with Gasteiger partial charge in [-0.25, -0.2) is 0 Å². The summed E-state index contributed by atoms with van der Waals surface area (Å²) in [6, 6.07) is 14.1. The summed E-state index contributed by atoms with van der Waals surface area (Å²) >= 11 is 0. The third-order valence-corrected chi connectivity index (χ3v) is 1.95. The number of hydrazine groups is 1. The van der Waals surface area contributed by atoms with Gasteiger partial charge in [-0.3, -0.25) is 10.6 Å². The number of nitrogens with one attached hydrogen (secondary N) is 1. The Balaban J connectivity index is 0.000000280. The zero-order valence-electron chi connectivity index (χ0n) is 8.97. The van der Waals surface area contributed by atoms with Crippen molar-refractivity contribution in [1.82, 2.24) is 0 Å². The number of rotatable bonds is 1. The van der Waals surface area contributed by atoms with Crippen LogP contribution in [0.3, 0.4) is 0 Å². The van der Waals surface area contributed by atoms with Crippen LogP contribution in [0.4, 0.5) is 5.69 Å². The smallest absolute Gasteiger partial charge is 0.300 e. The van der Waals surface area contributed by atoms with E-state index in [9.17, 15) is 0 Å². The molecule has 16 heavy (non-hydrogen) atoms. The van der Waals surface area contributed by atoms with Crippen molar-refractivity contribution in [3.05, 3.63) is 42.5 Å². The van der Waals surface area contributed by atoms with Gasteiger partial charge in [0.25, 0.3) is 5.97 Å². The first-order chi connectivity index (χ1) is 7.65. The third-order valence-electron chi connectivity index (χ3n) is 1.95. The maximum absolute atomic E-state index is 9.00. The molecule has 0 unspecified atom stereocenters. The number of hydrogen-bond acceptors (Lipinski definition) is 3. The Morgan fingerprint density at radius 3 is 2.38 bits per heavy atom. The van der Waals surface area contributed by atoms with Gasteiger partial charge < -0.3 is 10.5 Å². The summed E-state index contributed by atoms with van der Waals surface area (Å²) in [5.41, 5.74) is 3.64. The summed E-state index contributed by atoms with van der Waals surface area (Å²) in [4.78, 5) is 9.00. The zero-order valence-corrected chi connectivity index (χ0v) is 8.97. The van der Waals surface area contributed by atoms with Crippen LogP contribution in [0.15, 0.2) is 42.5 Å². The van der Waals surface area contributed by atoms with Gasteiger partial charge in [-0.15, -0.1) is 0 Å². The largest absolute Gasteiger partial charge is 0.481 e. The van der Waals surface area contributed by atoms with Crippen LogP contribution in [0.1, 0.15) is 6.92 Å². The maximum atomic E-state index is 9.00. The molecule has 0 aliphatic rings. The predicted octanol–water partition coefficient (Wildman–Crippen LogP) is 2.22. The molecule has 2 rings (SSSR count). The van der Waals surface area contributed by atoms with Crippen molar-refractivity contribution in [3.63, 3.8) is 0 Å². The minimum Gasteiger partial charge on any atom is -0.481 e. The molecule has 2 aromatic rings. The van der Waals surface area contributed by atoms with Crippen molar-refractivity contribution in [1.29, 1.82) is 0 Å². The van der Waals surface area contributed by atoms with E-state index < -0.39 is 5.97 Å². The highest BCUT2D eigenvalue weighted by Crippen LogP contribution is 2.21. The number of benzene rings is 2. The fourth-order valence-corrected chi connectivity index (χ4v) is 1.35. The van der Waals surface area contributed by atoms with Crippen molar-refractivity contribution in [3.8, 4) is 0 Å². The van der Waals surface area contributed by atoms with E-state index >= 15 is 0 Å². The third kappa shape index (κ3) is 3.25. The number of nitrogens with two attached hydrogens (primary N) is 1. The van der Waals surface area contributed by atoms with Gasteiger partial charge in [-0.2, -0.15) is 0 Å². The summed E-state index contributed by atoms with van der Waals surface area (Å²) in [6.45, 7) is 1.08. The Hall–Kier alpha value is -2.07. The van der Waals surface area contributed by atoms with Gasteiger partial charge in [0, 0.05) is 12.3 Å². The Morgan fingerprint density at radius 2 is 1.75 bits per heavy atom. The molecule has 84 valence electrons. The molecule has 4 N–H and O–H groups in total. The minimum atomic E-state index is -0.833. The second kappa shape index (κ2) is 5.72. The van der Waals surface area contributed by atoms with Gasteiger partial charge in [-0.1, -0.05) is 36.4 Å². The first-order valence-electron chi connectivity index (χ1n) is 4.79. The van der Waals surface area contributed by atoms with Crippen LogP contribution in [0.25, 0.3) is 10.8 Å². The van der Waals surface area contributed by atoms with E-state index in [0.29, 0.717) is 0 Å². The Bertz CT molecular complexity index is 474. The minimum absolute atomic E-state index is 0.833. The molecule has 0 fully saturated rings. The SMILES string of the molecule is CC(=O)O.NNc1cccc2ccccc12. The topological polar surface area (TPSA) is 75.3 Å². The van der Waals surface area contributed by atoms with Crippen LogP contribution >= 0.6 is 0 Å². The van der Waals surface area contributed by atoms with Crippen LogP contribution in [-0.2, 0) is 4.79 Å². The summed E-state index contributed by atoms with van der Waals surface area (Å²) in [5.74, 6) is 4.53. The lowest BCUT2D eigenvalue weighted by Gasteiger charge is -2.03. The van der Waals surface area contributed by atoms with Crippen molar-refractivity contribution in [2.24, 2.45) is 5.84 Å². The highest BCUT2D eigenvalue weighted by Gasteiger charge is 1.95. The first kappa shape index (κ1) is 12.0. The molecule has 0 atom stereocenters. The number of nitrogen functional groups attached to an aromatic ring is 1. The summed E-state index contributed by atoms with van der Waals surface area (Å²) in [5, 5.41) is 9.77. The second-order valence-corrected chi connectivity index (χ2v) is 3.19. The molecule has 0 saturated carbocycles. The summed E-state index contributed by atoms with van der Waals surface area (Å²) in [7, 11) is 0. The van der Waals surface area contributed by atoms with E-state index in [2.05, 4.69) is 17.6 Å². The highest BCUT2D eigenvalue weighted by atomic mass is 16.4. The monoisotopic (exact) mass is 218 g/mol. The fourth-order valence-electron chi connectivity index (χ4n) is 1.35. The van der Waals surface area contributed by atoms with E-state index in [4.69, 9.17) is 15.7 Å². The second-order valence-electron chi connectivity index (χ2n) is 3.19. The zero-order chi connectivity index (χ0) is 12.0. The van der Waals surface area contributed by atoms with E-state index in [1.807, 2.05) is 30.3 Å². The molecule has 0 aliphatic heterocycles. The Morgan fingerprint density at radius 1 is 1.19 bits per heavy atom. The average Bonchev–Trinajstić information content (AvgIpc) is 2.27. The van der Waals surface area contributed by atoms with Gasteiger partial charge >= 0.3 is 0 Å². The van der Waals surface area contributed by atoms with Crippen molar-refractivity contribution >= 4 is 22.4 Å². The van der Waals surface area contributed by atoms with E-state index in [1.54, 1.807) is 0 Å². The van der Waals surface area contributed by atoms with Gasteiger partial charge in [-0.05, 0) is 11.5 Å². The van der Waals surface area contributed by atoms with Gasteiger partial charge in [0.1, 0.15) is 0 Å². The first-order valence-corrected chi connectivity index (χ1v) is 4.79. The molecule has 0 saturated heterocycles. The standard InChI is InChI=1S/C10H10N2.C2H4O2/c11-12-10-7-3-5-8-4-1-2-6-9(8)10;1-2(3)4/h1-7,12H,11H2;1H3,(H,3,4). The Labute approximate surface area is 93.7 Å². The molecular formula is C12H14N2O2. The van der Waals surface area contributed by atoms with E-state index in [0.717, 1.165) is 18.0 Å². The van der Waals surface area contributed by atoms with E-state index in [1.165, 1.54) is 5.39 Å². The van der Waals surface area contributed by atoms with Crippen LogP contribution in [-0.4, -0.2) is 11.1 Å². The number of aliphatic carboxylic acids is 1. The van der Waals surface area contributed by atoms with Crippen LogP contribution in [0, 0.1) is 0 Å². The molecule has 0 heterocycles. The summed E-state index contributed by atoms with van der Waals surface area (Å²) in [6.07, 6.45) is 0. The average molecular weight is 218 g/mol. The predicted molar refractivity (Wildman–Crippen MR) is 65.1 cm³/mol.